The first-order chi connectivity index (χ1) is 8.90. The lowest BCUT2D eigenvalue weighted by Crippen LogP contribution is -2.23. The highest BCUT2D eigenvalue weighted by atomic mass is 15.1. The van der Waals surface area contributed by atoms with Gasteiger partial charge >= 0.3 is 0 Å². The highest BCUT2D eigenvalue weighted by Gasteiger charge is 2.20. The van der Waals surface area contributed by atoms with Crippen LogP contribution >= 0.6 is 0 Å². The van der Waals surface area contributed by atoms with Gasteiger partial charge in [-0.2, -0.15) is 0 Å². The summed E-state index contributed by atoms with van der Waals surface area (Å²) in [5.74, 6) is 1.18. The minimum Gasteiger partial charge on any atom is -0.327 e. The summed E-state index contributed by atoms with van der Waals surface area (Å²) in [6, 6.07) is 2.46. The lowest BCUT2D eigenvalue weighted by Gasteiger charge is -2.16. The summed E-state index contributed by atoms with van der Waals surface area (Å²) in [6.07, 6.45) is 8.81. The van der Waals surface area contributed by atoms with Crippen molar-refractivity contribution in [3.05, 3.63) is 24.3 Å². The van der Waals surface area contributed by atoms with Crippen LogP contribution in [0.2, 0.25) is 0 Å². The van der Waals surface area contributed by atoms with E-state index in [0.29, 0.717) is 6.04 Å². The van der Waals surface area contributed by atoms with Gasteiger partial charge in [-0.05, 0) is 32.4 Å². The standard InChI is InChI=1S/C14H20N4/c1-2-18-13-7-9-15-10-12(13)17-14(18)11-6-4-3-5-8-16-11/h7,9-11,16H,2-6,8H2,1H3. The van der Waals surface area contributed by atoms with E-state index in [4.69, 9.17) is 4.98 Å². The number of hydrogen-bond donors (Lipinski definition) is 1. The van der Waals surface area contributed by atoms with E-state index >= 15 is 0 Å². The second-order valence-electron chi connectivity index (χ2n) is 4.93. The van der Waals surface area contributed by atoms with Gasteiger partial charge in [0, 0.05) is 12.7 Å². The molecule has 1 unspecified atom stereocenters. The van der Waals surface area contributed by atoms with E-state index in [1.807, 2.05) is 12.4 Å². The third-order valence-corrected chi connectivity index (χ3v) is 3.77. The number of aromatic nitrogens is 3. The zero-order valence-corrected chi connectivity index (χ0v) is 10.9. The molecule has 0 spiro atoms. The zero-order chi connectivity index (χ0) is 12.4. The highest BCUT2D eigenvalue weighted by molar-refractivity contribution is 5.74. The Kier molecular flexibility index (Phi) is 3.28. The Labute approximate surface area is 107 Å². The SMILES string of the molecule is CCn1c(C2CCCCCN2)nc2cnccc21. The van der Waals surface area contributed by atoms with Crippen LogP contribution in [0.3, 0.4) is 0 Å². The Morgan fingerprint density at radius 3 is 3.22 bits per heavy atom. The van der Waals surface area contributed by atoms with Crippen LogP contribution in [0.1, 0.15) is 44.5 Å². The van der Waals surface area contributed by atoms with Gasteiger partial charge in [0.1, 0.15) is 11.3 Å². The van der Waals surface area contributed by atoms with Gasteiger partial charge < -0.3 is 9.88 Å². The van der Waals surface area contributed by atoms with Crippen molar-refractivity contribution in [2.24, 2.45) is 0 Å². The largest absolute Gasteiger partial charge is 0.327 e. The first-order valence-electron chi connectivity index (χ1n) is 6.93. The van der Waals surface area contributed by atoms with Crippen molar-refractivity contribution in [2.45, 2.75) is 45.2 Å². The summed E-state index contributed by atoms with van der Waals surface area (Å²) in [5.41, 5.74) is 2.22. The second kappa shape index (κ2) is 5.06. The molecule has 0 bridgehead atoms. The molecule has 1 saturated heterocycles. The Hall–Kier alpha value is -1.42. The number of nitrogens with zero attached hydrogens (tertiary/aromatic N) is 3. The molecule has 96 valence electrons. The quantitative estimate of drug-likeness (QED) is 0.883. The molecule has 18 heavy (non-hydrogen) atoms. The van der Waals surface area contributed by atoms with Crippen LogP contribution in [-0.2, 0) is 6.54 Å². The summed E-state index contributed by atoms with van der Waals surface area (Å²) < 4.78 is 2.32. The molecule has 1 fully saturated rings. The van der Waals surface area contributed by atoms with E-state index in [2.05, 4.69) is 27.9 Å². The van der Waals surface area contributed by atoms with E-state index < -0.39 is 0 Å². The maximum Gasteiger partial charge on any atom is 0.127 e. The van der Waals surface area contributed by atoms with Gasteiger partial charge in [0.25, 0.3) is 0 Å². The average Bonchev–Trinajstić information content (AvgIpc) is 2.59. The summed E-state index contributed by atoms with van der Waals surface area (Å²) in [6.45, 7) is 4.26. The van der Waals surface area contributed by atoms with Crippen LogP contribution in [0, 0.1) is 0 Å². The molecule has 1 aliphatic heterocycles. The van der Waals surface area contributed by atoms with Gasteiger partial charge in [-0.3, -0.25) is 4.98 Å². The molecule has 1 N–H and O–H groups in total. The van der Waals surface area contributed by atoms with Crippen LogP contribution in [0.5, 0.6) is 0 Å². The Morgan fingerprint density at radius 1 is 1.39 bits per heavy atom. The van der Waals surface area contributed by atoms with Crippen LogP contribution in [0.4, 0.5) is 0 Å². The fourth-order valence-corrected chi connectivity index (χ4v) is 2.85. The normalized spacial score (nSPS) is 21.1. The molecule has 1 atom stereocenters. The maximum absolute atomic E-state index is 4.79. The van der Waals surface area contributed by atoms with Crippen molar-refractivity contribution in [1.82, 2.24) is 19.9 Å². The smallest absolute Gasteiger partial charge is 0.127 e. The Balaban J connectivity index is 2.04. The Morgan fingerprint density at radius 2 is 2.33 bits per heavy atom. The first-order valence-corrected chi connectivity index (χ1v) is 6.93. The number of imidazole rings is 1. The van der Waals surface area contributed by atoms with Gasteiger partial charge in [0.2, 0.25) is 0 Å². The molecule has 0 aromatic carbocycles. The topological polar surface area (TPSA) is 42.7 Å². The van der Waals surface area contributed by atoms with E-state index in [9.17, 15) is 0 Å². The third kappa shape index (κ3) is 2.01. The number of rotatable bonds is 2. The molecular formula is C14H20N4. The minimum absolute atomic E-state index is 0.403. The van der Waals surface area contributed by atoms with Crippen molar-refractivity contribution in [3.8, 4) is 0 Å². The Bertz CT molecular complexity index is 524. The fraction of sp³-hybridized carbons (Fsp3) is 0.571. The first kappa shape index (κ1) is 11.7. The highest BCUT2D eigenvalue weighted by Crippen LogP contribution is 2.25. The van der Waals surface area contributed by atoms with Crippen LogP contribution in [0.25, 0.3) is 11.0 Å². The molecule has 0 saturated carbocycles. The van der Waals surface area contributed by atoms with Gasteiger partial charge in [-0.25, -0.2) is 4.98 Å². The molecular weight excluding hydrogens is 224 g/mol. The molecule has 1 aliphatic rings. The molecule has 4 nitrogen and oxygen atoms in total. The van der Waals surface area contributed by atoms with Crippen molar-refractivity contribution in [3.63, 3.8) is 0 Å². The molecule has 2 aromatic heterocycles. The number of pyridine rings is 1. The maximum atomic E-state index is 4.79. The molecule has 0 amide bonds. The van der Waals surface area contributed by atoms with Gasteiger partial charge in [0.05, 0.1) is 17.8 Å². The van der Waals surface area contributed by atoms with Crippen molar-refractivity contribution >= 4 is 11.0 Å². The molecule has 2 aromatic rings. The summed E-state index contributed by atoms with van der Waals surface area (Å²) in [5, 5.41) is 3.63. The van der Waals surface area contributed by atoms with E-state index in [1.165, 1.54) is 37.0 Å². The van der Waals surface area contributed by atoms with E-state index in [0.717, 1.165) is 18.6 Å². The second-order valence-corrected chi connectivity index (χ2v) is 4.93. The number of hydrogen-bond acceptors (Lipinski definition) is 3. The number of nitrogens with one attached hydrogen (secondary N) is 1. The lowest BCUT2D eigenvalue weighted by molar-refractivity contribution is 0.487. The molecule has 0 radical (unpaired) electrons. The van der Waals surface area contributed by atoms with Crippen molar-refractivity contribution < 1.29 is 0 Å². The summed E-state index contributed by atoms with van der Waals surface area (Å²) >= 11 is 0. The lowest BCUT2D eigenvalue weighted by atomic mass is 10.1. The van der Waals surface area contributed by atoms with Crippen molar-refractivity contribution in [1.29, 1.82) is 0 Å². The van der Waals surface area contributed by atoms with Gasteiger partial charge in [0.15, 0.2) is 0 Å². The third-order valence-electron chi connectivity index (χ3n) is 3.77. The molecule has 4 heteroatoms. The average molecular weight is 244 g/mol. The molecule has 0 aliphatic carbocycles. The minimum atomic E-state index is 0.403. The van der Waals surface area contributed by atoms with Crippen LogP contribution in [0.15, 0.2) is 18.5 Å². The van der Waals surface area contributed by atoms with Gasteiger partial charge in [-0.1, -0.05) is 12.8 Å². The van der Waals surface area contributed by atoms with E-state index in [-0.39, 0.29) is 0 Å². The predicted molar refractivity (Wildman–Crippen MR) is 72.4 cm³/mol. The summed E-state index contributed by atoms with van der Waals surface area (Å²) in [4.78, 5) is 8.96. The summed E-state index contributed by atoms with van der Waals surface area (Å²) in [7, 11) is 0. The monoisotopic (exact) mass is 244 g/mol. The van der Waals surface area contributed by atoms with Crippen molar-refractivity contribution in [2.75, 3.05) is 6.54 Å². The molecule has 3 heterocycles. The predicted octanol–water partition coefficient (Wildman–Crippen LogP) is 2.66. The number of fused-ring (bicyclic) bond motifs is 1. The van der Waals surface area contributed by atoms with E-state index in [1.54, 1.807) is 0 Å². The number of aryl methyl sites for hydroxylation is 1. The van der Waals surface area contributed by atoms with Gasteiger partial charge in [-0.15, -0.1) is 0 Å². The van der Waals surface area contributed by atoms with Crippen LogP contribution < -0.4 is 5.32 Å². The zero-order valence-electron chi connectivity index (χ0n) is 10.9. The molecule has 3 rings (SSSR count). The fourth-order valence-electron chi connectivity index (χ4n) is 2.85. The van der Waals surface area contributed by atoms with Crippen LogP contribution in [-0.4, -0.2) is 21.1 Å².